The highest BCUT2D eigenvalue weighted by Crippen LogP contribution is 2.29. The van der Waals surface area contributed by atoms with Gasteiger partial charge in [-0.05, 0) is 49.4 Å². The molecule has 0 aliphatic carbocycles. The molecular formula is C20H20ClN3O5S. The molecule has 0 fully saturated rings. The van der Waals surface area contributed by atoms with E-state index in [2.05, 4.69) is 10.5 Å². The average molecular weight is 450 g/mol. The van der Waals surface area contributed by atoms with Gasteiger partial charge < -0.3 is 14.6 Å². The van der Waals surface area contributed by atoms with Crippen molar-refractivity contribution in [1.82, 2.24) is 9.46 Å². The molecule has 30 heavy (non-hydrogen) atoms. The number of rotatable bonds is 7. The predicted molar refractivity (Wildman–Crippen MR) is 113 cm³/mol. The molecule has 1 N–H and O–H groups in total. The standard InChI is InChI=1S/C20H20ClN3O5S/c1-4-28-17-10-9-15(11-19(17)30(26,27)24(2)3)22-20(25)16-12-18(29-23-16)13-5-7-14(21)8-6-13/h5-12H,4H2,1-3H3,(H,22,25). The number of nitrogens with zero attached hydrogens (tertiary/aromatic N) is 2. The zero-order valence-corrected chi connectivity index (χ0v) is 18.1. The minimum absolute atomic E-state index is 0.0471. The number of aromatic nitrogens is 1. The Bertz CT molecular complexity index is 1160. The lowest BCUT2D eigenvalue weighted by molar-refractivity contribution is 0.101. The molecule has 8 nitrogen and oxygen atoms in total. The van der Waals surface area contributed by atoms with E-state index < -0.39 is 15.9 Å². The number of halogens is 1. The van der Waals surface area contributed by atoms with Crippen LogP contribution in [0.5, 0.6) is 5.75 Å². The summed E-state index contributed by atoms with van der Waals surface area (Å²) in [6, 6.07) is 12.8. The maximum absolute atomic E-state index is 12.6. The van der Waals surface area contributed by atoms with Crippen LogP contribution in [0.25, 0.3) is 11.3 Å². The van der Waals surface area contributed by atoms with Crippen LogP contribution in [0.15, 0.2) is 57.9 Å². The highest BCUT2D eigenvalue weighted by atomic mass is 35.5. The second kappa shape index (κ2) is 8.86. The highest BCUT2D eigenvalue weighted by molar-refractivity contribution is 7.89. The first-order chi connectivity index (χ1) is 14.2. The summed E-state index contributed by atoms with van der Waals surface area (Å²) < 4.78 is 37.0. The highest BCUT2D eigenvalue weighted by Gasteiger charge is 2.24. The number of sulfonamides is 1. The second-order valence-electron chi connectivity index (χ2n) is 6.42. The fourth-order valence-electron chi connectivity index (χ4n) is 2.59. The molecule has 1 aromatic heterocycles. The first kappa shape index (κ1) is 21.8. The zero-order valence-electron chi connectivity index (χ0n) is 16.5. The van der Waals surface area contributed by atoms with E-state index in [9.17, 15) is 13.2 Å². The number of benzene rings is 2. The number of nitrogens with one attached hydrogen (secondary N) is 1. The molecule has 10 heteroatoms. The Balaban J connectivity index is 1.86. The molecule has 0 spiro atoms. The van der Waals surface area contributed by atoms with Crippen LogP contribution in [0, 0.1) is 0 Å². The summed E-state index contributed by atoms with van der Waals surface area (Å²) in [5.74, 6) is 0.0615. The van der Waals surface area contributed by atoms with Gasteiger partial charge in [-0.1, -0.05) is 16.8 Å². The van der Waals surface area contributed by atoms with Gasteiger partial charge in [0.2, 0.25) is 10.0 Å². The Morgan fingerprint density at radius 3 is 2.50 bits per heavy atom. The van der Waals surface area contributed by atoms with Crippen LogP contribution in [-0.2, 0) is 10.0 Å². The molecule has 0 bridgehead atoms. The van der Waals surface area contributed by atoms with Crippen LogP contribution < -0.4 is 10.1 Å². The van der Waals surface area contributed by atoms with E-state index in [1.165, 1.54) is 32.3 Å². The van der Waals surface area contributed by atoms with Crippen LogP contribution in [0.1, 0.15) is 17.4 Å². The lowest BCUT2D eigenvalue weighted by Gasteiger charge is -2.16. The molecule has 3 aromatic rings. The van der Waals surface area contributed by atoms with Crippen LogP contribution in [-0.4, -0.2) is 44.5 Å². The van der Waals surface area contributed by atoms with Gasteiger partial charge in [-0.25, -0.2) is 12.7 Å². The lowest BCUT2D eigenvalue weighted by atomic mass is 10.1. The van der Waals surface area contributed by atoms with E-state index in [0.29, 0.717) is 23.0 Å². The third kappa shape index (κ3) is 4.64. The fraction of sp³-hybridized carbons (Fsp3) is 0.200. The molecule has 0 aliphatic rings. The molecule has 1 amide bonds. The first-order valence-electron chi connectivity index (χ1n) is 8.95. The summed E-state index contributed by atoms with van der Waals surface area (Å²) in [5, 5.41) is 7.00. The Morgan fingerprint density at radius 1 is 1.17 bits per heavy atom. The normalized spacial score (nSPS) is 11.5. The topological polar surface area (TPSA) is 102 Å². The molecule has 0 saturated carbocycles. The monoisotopic (exact) mass is 449 g/mol. The largest absolute Gasteiger partial charge is 0.492 e. The van der Waals surface area contributed by atoms with E-state index in [1.807, 2.05) is 0 Å². The van der Waals surface area contributed by atoms with Crippen molar-refractivity contribution in [3.8, 4) is 17.1 Å². The number of hydrogen-bond donors (Lipinski definition) is 1. The quantitative estimate of drug-likeness (QED) is 0.587. The summed E-state index contributed by atoms with van der Waals surface area (Å²) in [7, 11) is -0.935. The van der Waals surface area contributed by atoms with Gasteiger partial charge in [0.1, 0.15) is 10.6 Å². The summed E-state index contributed by atoms with van der Waals surface area (Å²) in [4.78, 5) is 12.5. The fourth-order valence-corrected chi connectivity index (χ4v) is 3.76. The molecule has 0 unspecified atom stereocenters. The number of carbonyl (C=O) groups excluding carboxylic acids is 1. The molecule has 0 radical (unpaired) electrons. The Labute approximate surface area is 179 Å². The van der Waals surface area contributed by atoms with Crippen molar-refractivity contribution in [2.45, 2.75) is 11.8 Å². The van der Waals surface area contributed by atoms with Gasteiger partial charge in [-0.3, -0.25) is 4.79 Å². The summed E-state index contributed by atoms with van der Waals surface area (Å²) >= 11 is 5.88. The lowest BCUT2D eigenvalue weighted by Crippen LogP contribution is -2.23. The van der Waals surface area contributed by atoms with Crippen molar-refractivity contribution in [3.63, 3.8) is 0 Å². The van der Waals surface area contributed by atoms with Crippen LogP contribution in [0.3, 0.4) is 0 Å². The predicted octanol–water partition coefficient (Wildman–Crippen LogP) is 3.90. The van der Waals surface area contributed by atoms with Gasteiger partial charge in [-0.15, -0.1) is 0 Å². The molecule has 2 aromatic carbocycles. The molecular weight excluding hydrogens is 430 g/mol. The van der Waals surface area contributed by atoms with Gasteiger partial charge in [0, 0.05) is 36.4 Å². The zero-order chi connectivity index (χ0) is 21.9. The molecule has 1 heterocycles. The van der Waals surface area contributed by atoms with Crippen LogP contribution >= 0.6 is 11.6 Å². The number of anilines is 1. The Kier molecular flexibility index (Phi) is 6.45. The van der Waals surface area contributed by atoms with Crippen molar-refractivity contribution in [2.24, 2.45) is 0 Å². The summed E-state index contributed by atoms with van der Waals surface area (Å²) in [5.41, 5.74) is 1.04. The summed E-state index contributed by atoms with van der Waals surface area (Å²) in [6.07, 6.45) is 0. The molecule has 0 atom stereocenters. The maximum atomic E-state index is 12.6. The van der Waals surface area contributed by atoms with E-state index >= 15 is 0 Å². The molecule has 158 valence electrons. The Hall–Kier alpha value is -2.88. The van der Waals surface area contributed by atoms with Gasteiger partial charge in [0.15, 0.2) is 11.5 Å². The number of amides is 1. The third-order valence-corrected chi connectivity index (χ3v) is 6.22. The van der Waals surface area contributed by atoms with Crippen LogP contribution in [0.4, 0.5) is 5.69 Å². The maximum Gasteiger partial charge on any atom is 0.277 e. The van der Waals surface area contributed by atoms with Crippen molar-refractivity contribution in [1.29, 1.82) is 0 Å². The van der Waals surface area contributed by atoms with E-state index in [1.54, 1.807) is 37.3 Å². The van der Waals surface area contributed by atoms with Crippen LogP contribution in [0.2, 0.25) is 5.02 Å². The van der Waals surface area contributed by atoms with Crippen molar-refractivity contribution in [3.05, 3.63) is 59.2 Å². The molecule has 0 saturated heterocycles. The summed E-state index contributed by atoms with van der Waals surface area (Å²) in [6.45, 7) is 2.05. The average Bonchev–Trinajstić information content (AvgIpc) is 3.20. The Morgan fingerprint density at radius 2 is 1.87 bits per heavy atom. The number of hydrogen-bond acceptors (Lipinski definition) is 6. The smallest absolute Gasteiger partial charge is 0.277 e. The van der Waals surface area contributed by atoms with E-state index in [-0.39, 0.29) is 22.0 Å². The second-order valence-corrected chi connectivity index (χ2v) is 8.98. The van der Waals surface area contributed by atoms with Gasteiger partial charge in [0.25, 0.3) is 5.91 Å². The minimum atomic E-state index is -3.78. The first-order valence-corrected chi connectivity index (χ1v) is 10.8. The van der Waals surface area contributed by atoms with Crippen molar-refractivity contribution < 1.29 is 22.5 Å². The van der Waals surface area contributed by atoms with Crippen molar-refractivity contribution in [2.75, 3.05) is 26.0 Å². The van der Waals surface area contributed by atoms with Crippen molar-refractivity contribution >= 4 is 33.2 Å². The SMILES string of the molecule is CCOc1ccc(NC(=O)c2cc(-c3ccc(Cl)cc3)on2)cc1S(=O)(=O)N(C)C. The third-order valence-electron chi connectivity index (χ3n) is 4.13. The van der Waals surface area contributed by atoms with E-state index in [0.717, 1.165) is 4.31 Å². The van der Waals surface area contributed by atoms with E-state index in [4.69, 9.17) is 20.9 Å². The molecule has 0 aliphatic heterocycles. The minimum Gasteiger partial charge on any atom is -0.492 e. The number of carbonyl (C=O) groups is 1. The van der Waals surface area contributed by atoms with Gasteiger partial charge in [-0.2, -0.15) is 0 Å². The molecule has 3 rings (SSSR count). The van der Waals surface area contributed by atoms with Gasteiger partial charge >= 0.3 is 0 Å². The van der Waals surface area contributed by atoms with Gasteiger partial charge in [0.05, 0.1) is 6.61 Å². The number of ether oxygens (including phenoxy) is 1.